The molecule has 0 unspecified atom stereocenters. The average molecular weight is 551 g/mol. The third-order valence-corrected chi connectivity index (χ3v) is 6.48. The van der Waals surface area contributed by atoms with Gasteiger partial charge in [0.05, 0.1) is 17.7 Å². The van der Waals surface area contributed by atoms with E-state index in [0.717, 1.165) is 11.1 Å². The van der Waals surface area contributed by atoms with E-state index in [0.29, 0.717) is 26.7 Å². The second-order valence-electron chi connectivity index (χ2n) is 9.68. The minimum atomic E-state index is -0.790. The molecule has 0 fully saturated rings. The Balaban J connectivity index is 2.12. The molecule has 0 aliphatic carbocycles. The van der Waals surface area contributed by atoms with E-state index in [9.17, 15) is 9.59 Å². The monoisotopic (exact) mass is 550 g/mol. The second-order valence-corrected chi connectivity index (χ2v) is 10.5. The summed E-state index contributed by atoms with van der Waals surface area (Å²) in [5, 5.41) is 1.57. The molecule has 8 heteroatoms. The van der Waals surface area contributed by atoms with Crippen LogP contribution in [0.3, 0.4) is 0 Å². The number of Topliss-reactive ketones (excluding diaryl/α,β-unsaturated/α-hetero) is 1. The van der Waals surface area contributed by atoms with Crippen molar-refractivity contribution >= 4 is 51.9 Å². The molecular formula is C30H28Cl2N2O4. The highest BCUT2D eigenvalue weighted by molar-refractivity contribution is 6.33. The summed E-state index contributed by atoms with van der Waals surface area (Å²) in [4.78, 5) is 32.9. The van der Waals surface area contributed by atoms with E-state index in [4.69, 9.17) is 37.3 Å². The highest BCUT2D eigenvalue weighted by atomic mass is 35.5. The summed E-state index contributed by atoms with van der Waals surface area (Å²) in [7, 11) is 0. The Morgan fingerprint density at radius 1 is 1.08 bits per heavy atom. The molecule has 0 atom stereocenters. The van der Waals surface area contributed by atoms with Crippen LogP contribution in [-0.4, -0.2) is 30.0 Å². The van der Waals surface area contributed by atoms with Crippen molar-refractivity contribution in [2.24, 2.45) is 5.41 Å². The SMILES string of the molecule is C=CCN(C(=O)OCC)c1c(C(=O)C(C)(C)C)oc2nc(-c3ccccc3Cl)c(-c3ccc(Cl)cc3)cc12. The number of hydrogen-bond donors (Lipinski definition) is 0. The number of carbonyl (C=O) groups excluding carboxylic acids is 2. The quantitative estimate of drug-likeness (QED) is 0.169. The molecule has 0 saturated heterocycles. The average Bonchev–Trinajstić information content (AvgIpc) is 3.24. The molecule has 2 aromatic carbocycles. The van der Waals surface area contributed by atoms with E-state index >= 15 is 0 Å². The number of rotatable bonds is 7. The number of carbonyl (C=O) groups is 2. The number of amides is 1. The number of fused-ring (bicyclic) bond motifs is 1. The van der Waals surface area contributed by atoms with Gasteiger partial charge in [0.15, 0.2) is 5.76 Å². The summed E-state index contributed by atoms with van der Waals surface area (Å²) in [6, 6.07) is 16.5. The van der Waals surface area contributed by atoms with E-state index < -0.39 is 11.5 Å². The smallest absolute Gasteiger partial charge is 0.414 e. The Hall–Kier alpha value is -3.61. The number of ether oxygens (including phenoxy) is 1. The van der Waals surface area contributed by atoms with Crippen molar-refractivity contribution < 1.29 is 18.7 Å². The maximum absolute atomic E-state index is 13.6. The van der Waals surface area contributed by atoms with Crippen LogP contribution in [0.15, 0.2) is 71.7 Å². The zero-order valence-electron chi connectivity index (χ0n) is 21.7. The van der Waals surface area contributed by atoms with Crippen LogP contribution in [0.5, 0.6) is 0 Å². The minimum Gasteiger partial charge on any atom is -0.449 e. The second kappa shape index (κ2) is 11.0. The summed E-state index contributed by atoms with van der Waals surface area (Å²) >= 11 is 12.7. The van der Waals surface area contributed by atoms with Crippen LogP contribution in [0.1, 0.15) is 38.2 Å². The van der Waals surface area contributed by atoms with Crippen LogP contribution < -0.4 is 4.90 Å². The standard InChI is InChI=1S/C30H28Cl2N2O4/c1-6-16-34(29(36)37-7-2)25-22-17-21(18-12-14-19(31)15-13-18)24(20-10-8-9-11-23(20)32)33-28(22)38-26(25)27(35)30(3,4)5/h6,8-15,17H,1,7,16H2,2-5H3. The molecule has 0 spiro atoms. The number of aromatic nitrogens is 1. The van der Waals surface area contributed by atoms with E-state index in [2.05, 4.69) is 6.58 Å². The molecule has 0 aliphatic heterocycles. The van der Waals surface area contributed by atoms with E-state index in [1.165, 1.54) is 4.90 Å². The van der Waals surface area contributed by atoms with Crippen molar-refractivity contribution in [1.29, 1.82) is 0 Å². The Bertz CT molecular complexity index is 1520. The molecule has 6 nitrogen and oxygen atoms in total. The minimum absolute atomic E-state index is 0.0215. The molecule has 2 heterocycles. The predicted molar refractivity (Wildman–Crippen MR) is 153 cm³/mol. The largest absolute Gasteiger partial charge is 0.449 e. The number of nitrogens with zero attached hydrogens (tertiary/aromatic N) is 2. The van der Waals surface area contributed by atoms with Gasteiger partial charge in [-0.2, -0.15) is 0 Å². The molecule has 0 aliphatic rings. The lowest BCUT2D eigenvalue weighted by Gasteiger charge is -2.22. The summed E-state index contributed by atoms with van der Waals surface area (Å²) in [5.74, 6) is -0.260. The maximum Gasteiger partial charge on any atom is 0.414 e. The molecule has 196 valence electrons. The first-order chi connectivity index (χ1) is 18.1. The van der Waals surface area contributed by atoms with Crippen LogP contribution in [0.4, 0.5) is 10.5 Å². The number of hydrogen-bond acceptors (Lipinski definition) is 5. The van der Waals surface area contributed by atoms with Gasteiger partial charge >= 0.3 is 6.09 Å². The summed E-state index contributed by atoms with van der Waals surface area (Å²) < 4.78 is 11.5. The Morgan fingerprint density at radius 2 is 1.76 bits per heavy atom. The van der Waals surface area contributed by atoms with Gasteiger partial charge in [0.25, 0.3) is 0 Å². The summed E-state index contributed by atoms with van der Waals surface area (Å²) in [6.07, 6.45) is 0.938. The Morgan fingerprint density at radius 3 is 2.37 bits per heavy atom. The molecule has 0 bridgehead atoms. The number of benzene rings is 2. The molecule has 38 heavy (non-hydrogen) atoms. The van der Waals surface area contributed by atoms with Crippen molar-refractivity contribution in [1.82, 2.24) is 4.98 Å². The first-order valence-electron chi connectivity index (χ1n) is 12.1. The first kappa shape index (κ1) is 27.4. The fourth-order valence-corrected chi connectivity index (χ4v) is 4.42. The van der Waals surface area contributed by atoms with Gasteiger partial charge in [-0.05, 0) is 36.8 Å². The van der Waals surface area contributed by atoms with Gasteiger partial charge in [0.1, 0.15) is 5.69 Å². The third-order valence-electron chi connectivity index (χ3n) is 5.90. The number of halogens is 2. The van der Waals surface area contributed by atoms with Crippen molar-refractivity contribution in [2.45, 2.75) is 27.7 Å². The zero-order valence-corrected chi connectivity index (χ0v) is 23.2. The fraction of sp³-hybridized carbons (Fsp3) is 0.233. The molecule has 4 rings (SSSR count). The van der Waals surface area contributed by atoms with Gasteiger partial charge in [0.2, 0.25) is 11.5 Å². The number of anilines is 1. The lowest BCUT2D eigenvalue weighted by Crippen LogP contribution is -2.33. The van der Waals surface area contributed by atoms with Gasteiger partial charge in [-0.25, -0.2) is 9.78 Å². The fourth-order valence-electron chi connectivity index (χ4n) is 4.07. The number of ketones is 1. The summed E-state index contributed by atoms with van der Waals surface area (Å²) in [6.45, 7) is 11.1. The highest BCUT2D eigenvalue weighted by Gasteiger charge is 2.35. The molecule has 4 aromatic rings. The molecular weight excluding hydrogens is 523 g/mol. The predicted octanol–water partition coefficient (Wildman–Crippen LogP) is 8.85. The van der Waals surface area contributed by atoms with Gasteiger partial charge < -0.3 is 9.15 Å². The molecule has 0 saturated carbocycles. The van der Waals surface area contributed by atoms with Gasteiger partial charge in [-0.15, -0.1) is 6.58 Å². The topological polar surface area (TPSA) is 72.6 Å². The van der Waals surface area contributed by atoms with Crippen molar-refractivity contribution in [3.63, 3.8) is 0 Å². The normalized spacial score (nSPS) is 11.4. The van der Waals surface area contributed by atoms with E-state index in [1.54, 1.807) is 52.0 Å². The lowest BCUT2D eigenvalue weighted by atomic mass is 9.88. The maximum atomic E-state index is 13.6. The van der Waals surface area contributed by atoms with Gasteiger partial charge in [-0.1, -0.05) is 80.4 Å². The lowest BCUT2D eigenvalue weighted by molar-refractivity contribution is 0.0831. The van der Waals surface area contributed by atoms with Crippen LogP contribution in [-0.2, 0) is 4.74 Å². The number of furan rings is 1. The van der Waals surface area contributed by atoms with Crippen molar-refractivity contribution in [3.05, 3.63) is 83.1 Å². The Kier molecular flexibility index (Phi) is 7.95. The first-order valence-corrected chi connectivity index (χ1v) is 12.9. The van der Waals surface area contributed by atoms with Crippen LogP contribution >= 0.6 is 23.2 Å². The molecule has 2 aromatic heterocycles. The van der Waals surface area contributed by atoms with Crippen LogP contribution in [0.25, 0.3) is 33.5 Å². The Labute approximate surface area is 231 Å². The number of pyridine rings is 1. The molecule has 0 N–H and O–H groups in total. The molecule has 1 amide bonds. The van der Waals surface area contributed by atoms with Crippen molar-refractivity contribution in [3.8, 4) is 22.4 Å². The van der Waals surface area contributed by atoms with Crippen LogP contribution in [0.2, 0.25) is 10.0 Å². The zero-order chi connectivity index (χ0) is 27.6. The van der Waals surface area contributed by atoms with Crippen molar-refractivity contribution in [2.75, 3.05) is 18.1 Å². The summed E-state index contributed by atoms with van der Waals surface area (Å²) in [5.41, 5.74) is 2.48. The van der Waals surface area contributed by atoms with Gasteiger partial charge in [-0.3, -0.25) is 9.69 Å². The third kappa shape index (κ3) is 5.33. The van der Waals surface area contributed by atoms with Crippen LogP contribution in [0, 0.1) is 5.41 Å². The van der Waals surface area contributed by atoms with E-state index in [-0.39, 0.29) is 36.1 Å². The molecule has 0 radical (unpaired) electrons. The highest BCUT2D eigenvalue weighted by Crippen LogP contribution is 2.43. The van der Waals surface area contributed by atoms with E-state index in [1.807, 2.05) is 36.4 Å². The van der Waals surface area contributed by atoms with Gasteiger partial charge in [0, 0.05) is 33.1 Å².